The molecule has 28 nitrogen and oxygen atoms in total. The van der Waals surface area contributed by atoms with Gasteiger partial charge in [0, 0.05) is 40.2 Å². The van der Waals surface area contributed by atoms with Gasteiger partial charge >= 0.3 is 23.9 Å². The molecule has 8 N–H and O–H groups in total. The quantitative estimate of drug-likeness (QED) is 0.0169. The van der Waals surface area contributed by atoms with Gasteiger partial charge in [-0.2, -0.15) is 0 Å². The highest BCUT2D eigenvalue weighted by Gasteiger charge is 2.52. The van der Waals surface area contributed by atoms with Gasteiger partial charge in [0.15, 0.2) is 0 Å². The Morgan fingerprint density at radius 2 is 0.477 bits per heavy atom. The van der Waals surface area contributed by atoms with Crippen LogP contribution in [0.5, 0.6) is 0 Å². The molecule has 0 saturated carbocycles. The van der Waals surface area contributed by atoms with E-state index in [1.165, 1.54) is 19.6 Å². The minimum atomic E-state index is -1.21. The number of carboxylic acid groups (broad SMARTS) is 4. The number of ether oxygens (including phenoxy) is 4. The first-order valence-electron chi connectivity index (χ1n) is 41.0. The molecule has 8 aromatic rings. The van der Waals surface area contributed by atoms with Gasteiger partial charge in [0.25, 0.3) is 23.6 Å². The van der Waals surface area contributed by atoms with E-state index in [1.54, 1.807) is 170 Å². The van der Waals surface area contributed by atoms with Gasteiger partial charge < -0.3 is 80.2 Å². The maximum absolute atomic E-state index is 13.5. The van der Waals surface area contributed by atoms with Crippen molar-refractivity contribution in [2.75, 3.05) is 0 Å². The van der Waals surface area contributed by atoms with Gasteiger partial charge in [-0.1, -0.05) is 243 Å². The average molecular weight is 1920 g/mol. The van der Waals surface area contributed by atoms with Crippen molar-refractivity contribution >= 4 is 166 Å². The number of carbonyl (C=O) groups excluding carboxylic acids is 8. The number of hydrogen-bond donors (Lipinski definition) is 8. The summed E-state index contributed by atoms with van der Waals surface area (Å²) in [5, 5.41) is 52.4. The minimum Gasteiger partial charge on any atom is -0.481 e. The lowest BCUT2D eigenvalue weighted by molar-refractivity contribution is -0.185. The predicted octanol–water partition coefficient (Wildman–Crippen LogP) is 17.4. The van der Waals surface area contributed by atoms with Crippen LogP contribution in [0.2, 0.25) is 40.2 Å². The van der Waals surface area contributed by atoms with Gasteiger partial charge in [-0.15, -0.1) is 0 Å². The van der Waals surface area contributed by atoms with Crippen LogP contribution < -0.4 is 21.3 Å². The van der Waals surface area contributed by atoms with Crippen molar-refractivity contribution in [3.05, 3.63) is 279 Å². The molecule has 36 heteroatoms. The van der Waals surface area contributed by atoms with E-state index >= 15 is 0 Å². The summed E-state index contributed by atoms with van der Waals surface area (Å²) in [5.74, 6) is -6.64. The summed E-state index contributed by atoms with van der Waals surface area (Å²) in [7, 11) is 0. The number of carbonyl (C=O) groups is 12. The first-order valence-corrected chi connectivity index (χ1v) is 44.0. The lowest BCUT2D eigenvalue weighted by Gasteiger charge is -2.47. The van der Waals surface area contributed by atoms with Crippen LogP contribution >= 0.6 is 92.8 Å². The lowest BCUT2D eigenvalue weighted by atomic mass is 9.90. The molecule has 128 heavy (non-hydrogen) atoms. The molecule has 8 amide bonds. The average Bonchev–Trinajstić information content (AvgIpc) is 0.772. The fourth-order valence-electron chi connectivity index (χ4n) is 16.0. The number of morpholine rings is 4. The summed E-state index contributed by atoms with van der Waals surface area (Å²) in [6, 6.07) is 53.5. The highest BCUT2D eigenvalue weighted by Crippen LogP contribution is 2.50. The van der Waals surface area contributed by atoms with Crippen molar-refractivity contribution in [1.82, 2.24) is 40.9 Å². The number of halogens is 8. The van der Waals surface area contributed by atoms with Crippen LogP contribution in [0.25, 0.3) is 0 Å². The normalized spacial score (nSPS) is 21.8. The van der Waals surface area contributed by atoms with E-state index in [2.05, 4.69) is 21.3 Å². The number of nitrogens with one attached hydrogen (secondary N) is 4. The molecule has 4 heterocycles. The highest BCUT2D eigenvalue weighted by atomic mass is 35.5. The highest BCUT2D eigenvalue weighted by molar-refractivity contribution is 6.32. The maximum Gasteiger partial charge on any atom is 0.306 e. The number of rotatable bonds is 36. The molecule has 12 rings (SSSR count). The van der Waals surface area contributed by atoms with Gasteiger partial charge in [-0.25, -0.2) is 0 Å². The number of benzene rings is 8. The van der Waals surface area contributed by atoms with E-state index in [0.717, 1.165) is 22.3 Å². The Morgan fingerprint density at radius 3 is 0.625 bits per heavy atom. The molecule has 4 saturated heterocycles. The first-order chi connectivity index (χ1) is 61.4. The molecular formula is C92H96Cl8N8O20. The third kappa shape index (κ3) is 26.9. The van der Waals surface area contributed by atoms with Crippen molar-refractivity contribution in [3.63, 3.8) is 0 Å². The Morgan fingerprint density at radius 1 is 0.297 bits per heavy atom. The maximum atomic E-state index is 13.5. The molecule has 16 atom stereocenters. The second-order valence-electron chi connectivity index (χ2n) is 30.1. The fraction of sp³-hybridized carbons (Fsp3) is 0.348. The van der Waals surface area contributed by atoms with E-state index in [-0.39, 0.29) is 0 Å². The summed E-state index contributed by atoms with van der Waals surface area (Å²) >= 11 is 49.2. The Labute approximate surface area is 779 Å². The molecule has 0 spiro atoms. The SMILES string of the molecule is CCC[C@@H](NC=O)N1C(=O)[C@@H](CC(=O)O)O[C@H](c2cccc(Cl)c2)[C@@H]1c1ccc(Cl)cc1.CCC[C@@H](NC=O)N1C(=O)[C@H](CC(=O)O)O[C@@H](c2cccc(Cl)c2)[C@H]1c1ccc(Cl)cc1.CCC[C@H](NC=O)N1C(=O)[C@@H](CC(=O)O)O[C@H](c2cccc(Cl)c2)[C@@H]1c1ccc(Cl)cc1.CCC[C@H](NC=O)N1C(=O)[C@H](CC(=O)O)O[C@@H](c2cccc(Cl)c2)[C@H]1c1ccc(Cl)cc1. The number of amides is 8. The predicted molar refractivity (Wildman–Crippen MR) is 481 cm³/mol. The van der Waals surface area contributed by atoms with E-state index < -0.39 is 171 Å². The van der Waals surface area contributed by atoms with Gasteiger partial charge in [0.1, 0.15) is 73.5 Å². The van der Waals surface area contributed by atoms with Gasteiger partial charge in [0.05, 0.1) is 49.9 Å². The summed E-state index contributed by atoms with van der Waals surface area (Å²) in [4.78, 5) is 151. The molecule has 0 radical (unpaired) electrons. The van der Waals surface area contributed by atoms with Crippen molar-refractivity contribution in [3.8, 4) is 0 Å². The minimum absolute atomic E-state index is 0.482. The second kappa shape index (κ2) is 49.4. The molecule has 0 bridgehead atoms. The van der Waals surface area contributed by atoms with E-state index in [9.17, 15) is 78.0 Å². The zero-order valence-corrected chi connectivity index (χ0v) is 75.7. The van der Waals surface area contributed by atoms with Crippen LogP contribution in [0.1, 0.15) is 198 Å². The van der Waals surface area contributed by atoms with Crippen molar-refractivity contribution in [2.45, 2.75) is 202 Å². The van der Waals surface area contributed by atoms with Crippen LogP contribution in [0.4, 0.5) is 0 Å². The zero-order chi connectivity index (χ0) is 93.0. The fourth-order valence-corrected chi connectivity index (χ4v) is 17.3. The summed E-state index contributed by atoms with van der Waals surface area (Å²) in [6.45, 7) is 7.74. The number of aliphatic carboxylic acids is 4. The zero-order valence-electron chi connectivity index (χ0n) is 69.6. The van der Waals surface area contributed by atoms with Gasteiger partial charge in [0.2, 0.25) is 25.6 Å². The summed E-state index contributed by atoms with van der Waals surface area (Å²) in [6.07, 6.45) is -5.45. The van der Waals surface area contributed by atoms with Gasteiger partial charge in [-0.05, 0) is 167 Å². The number of nitrogens with zero attached hydrogens (tertiary/aromatic N) is 4. The van der Waals surface area contributed by atoms with E-state index in [0.29, 0.717) is 139 Å². The Balaban J connectivity index is 0.000000193. The molecule has 8 aromatic carbocycles. The van der Waals surface area contributed by atoms with Crippen LogP contribution in [0, 0.1) is 0 Å². The largest absolute Gasteiger partial charge is 0.481 e. The smallest absolute Gasteiger partial charge is 0.306 e. The Hall–Kier alpha value is -10.4. The summed E-state index contributed by atoms with van der Waals surface area (Å²) in [5.41, 5.74) is 5.67. The third-order valence-electron chi connectivity index (χ3n) is 21.3. The van der Waals surface area contributed by atoms with Crippen LogP contribution in [0.15, 0.2) is 194 Å². The van der Waals surface area contributed by atoms with Crippen molar-refractivity contribution < 1.29 is 96.9 Å². The van der Waals surface area contributed by atoms with E-state index in [1.807, 2.05) is 52.0 Å². The molecule has 4 aliphatic heterocycles. The molecule has 0 unspecified atom stereocenters. The van der Waals surface area contributed by atoms with Crippen LogP contribution in [-0.4, -0.2) is 162 Å². The Kier molecular flexibility index (Phi) is 39.1. The molecule has 4 aliphatic rings. The van der Waals surface area contributed by atoms with E-state index in [4.69, 9.17) is 112 Å². The topological polar surface area (TPSA) is 384 Å². The third-order valence-corrected chi connectivity index (χ3v) is 23.3. The second-order valence-corrected chi connectivity index (χ2v) is 33.6. The number of carboxylic acids is 4. The lowest BCUT2D eigenvalue weighted by Crippen LogP contribution is -2.58. The van der Waals surface area contributed by atoms with Crippen molar-refractivity contribution in [1.29, 1.82) is 0 Å². The first kappa shape index (κ1) is 101. The Bertz CT molecular complexity index is 4500. The molecular weight excluding hydrogens is 1820 g/mol. The molecule has 4 fully saturated rings. The summed E-state index contributed by atoms with van der Waals surface area (Å²) < 4.78 is 24.4. The number of hydrogen-bond acceptors (Lipinski definition) is 16. The monoisotopic (exact) mass is 1910 g/mol. The van der Waals surface area contributed by atoms with Gasteiger partial charge in [-0.3, -0.25) is 57.5 Å². The van der Waals surface area contributed by atoms with Crippen LogP contribution in [0.3, 0.4) is 0 Å². The standard InChI is InChI=1S/4C23H24Cl2N2O5/c4*1-2-4-19(26-13-28)27-21(14-7-9-16(24)10-8-14)22(15-5-3-6-17(25)11-15)32-18(23(27)31)12-20(29)30/h4*3,5-11,13,18-19,21-22H,2,4,12H2,1H3,(H,26,28)(H,29,30)/t2*18-,19+,21+,22-;2*18-,19-,21+,22-/m1010/s1. The van der Waals surface area contributed by atoms with Crippen molar-refractivity contribution in [2.24, 2.45) is 0 Å². The molecule has 680 valence electrons. The van der Waals surface area contributed by atoms with Crippen LogP contribution in [-0.2, 0) is 76.5 Å². The molecule has 0 aliphatic carbocycles. The molecule has 0 aromatic heterocycles.